The number of amides is 1. The van der Waals surface area contributed by atoms with Gasteiger partial charge < -0.3 is 19.0 Å². The third-order valence-electron chi connectivity index (χ3n) is 7.15. The number of ether oxygens (including phenoxy) is 2. The summed E-state index contributed by atoms with van der Waals surface area (Å²) in [4.78, 5) is 25.9. The van der Waals surface area contributed by atoms with Crippen molar-refractivity contribution in [2.75, 3.05) is 6.61 Å². The van der Waals surface area contributed by atoms with Crippen LogP contribution in [0.1, 0.15) is 42.0 Å². The SMILES string of the molecule is Cc1ccc(S(=O)(=O)Oc2ccc(CC(NC(=O)OCC3c4ccccc4-c4ccccc43)C(=O)OC(C)C)cc2)cc1. The van der Waals surface area contributed by atoms with Gasteiger partial charge in [-0.3, -0.25) is 0 Å². The first kappa shape index (κ1) is 29.8. The number of rotatable bonds is 10. The van der Waals surface area contributed by atoms with E-state index in [0.29, 0.717) is 5.56 Å². The summed E-state index contributed by atoms with van der Waals surface area (Å²) in [6.45, 7) is 5.42. The van der Waals surface area contributed by atoms with Crippen LogP contribution in [0.4, 0.5) is 4.79 Å². The molecule has 0 saturated heterocycles. The molecule has 222 valence electrons. The first-order valence-corrected chi connectivity index (χ1v) is 15.4. The first-order valence-electron chi connectivity index (χ1n) is 14.0. The van der Waals surface area contributed by atoms with Gasteiger partial charge in [-0.25, -0.2) is 9.59 Å². The van der Waals surface area contributed by atoms with Crippen molar-refractivity contribution in [3.05, 3.63) is 119 Å². The van der Waals surface area contributed by atoms with E-state index in [1.165, 1.54) is 24.3 Å². The van der Waals surface area contributed by atoms with Crippen LogP contribution < -0.4 is 9.50 Å². The topological polar surface area (TPSA) is 108 Å². The molecule has 9 heteroatoms. The summed E-state index contributed by atoms with van der Waals surface area (Å²) in [6, 6.07) is 27.7. The molecule has 0 aliphatic heterocycles. The molecule has 0 fully saturated rings. The molecule has 0 bridgehead atoms. The van der Waals surface area contributed by atoms with Crippen LogP contribution in [0.5, 0.6) is 5.75 Å². The van der Waals surface area contributed by atoms with Gasteiger partial charge in [0.05, 0.1) is 6.10 Å². The number of hydrogen-bond acceptors (Lipinski definition) is 7. The zero-order chi connectivity index (χ0) is 30.6. The van der Waals surface area contributed by atoms with Gasteiger partial charge in [-0.1, -0.05) is 78.4 Å². The minimum atomic E-state index is -4.01. The molecule has 5 rings (SSSR count). The highest BCUT2D eigenvalue weighted by Gasteiger charge is 2.30. The average molecular weight is 600 g/mol. The molecule has 1 N–H and O–H groups in total. The van der Waals surface area contributed by atoms with E-state index < -0.39 is 28.2 Å². The van der Waals surface area contributed by atoms with E-state index >= 15 is 0 Å². The lowest BCUT2D eigenvalue weighted by Crippen LogP contribution is -2.44. The van der Waals surface area contributed by atoms with E-state index in [0.717, 1.165) is 27.8 Å². The van der Waals surface area contributed by atoms with Gasteiger partial charge in [0, 0.05) is 12.3 Å². The summed E-state index contributed by atoms with van der Waals surface area (Å²) in [6.07, 6.45) is -1.03. The molecular formula is C34H33NO7S. The van der Waals surface area contributed by atoms with E-state index in [4.69, 9.17) is 13.7 Å². The second-order valence-electron chi connectivity index (χ2n) is 10.7. The number of hydrogen-bond donors (Lipinski definition) is 1. The summed E-state index contributed by atoms with van der Waals surface area (Å²) in [7, 11) is -4.01. The predicted molar refractivity (Wildman–Crippen MR) is 162 cm³/mol. The van der Waals surface area contributed by atoms with Gasteiger partial charge in [-0.2, -0.15) is 8.42 Å². The molecule has 0 radical (unpaired) electrons. The summed E-state index contributed by atoms with van der Waals surface area (Å²) >= 11 is 0. The van der Waals surface area contributed by atoms with Gasteiger partial charge in [0.15, 0.2) is 0 Å². The molecule has 1 unspecified atom stereocenters. The average Bonchev–Trinajstić information content (AvgIpc) is 3.30. The van der Waals surface area contributed by atoms with Crippen molar-refractivity contribution < 1.29 is 31.7 Å². The molecule has 1 aliphatic rings. The zero-order valence-corrected chi connectivity index (χ0v) is 25.0. The van der Waals surface area contributed by atoms with Crippen molar-refractivity contribution in [2.45, 2.75) is 50.2 Å². The predicted octanol–water partition coefficient (Wildman–Crippen LogP) is 6.16. The van der Waals surface area contributed by atoms with Crippen LogP contribution in [0.15, 0.2) is 102 Å². The van der Waals surface area contributed by atoms with Gasteiger partial charge in [-0.05, 0) is 72.9 Å². The van der Waals surface area contributed by atoms with Crippen molar-refractivity contribution in [3.8, 4) is 16.9 Å². The molecule has 43 heavy (non-hydrogen) atoms. The number of benzene rings is 4. The normalized spacial score (nSPS) is 13.1. The Kier molecular flexibility index (Phi) is 8.82. The van der Waals surface area contributed by atoms with Gasteiger partial charge in [0.1, 0.15) is 23.3 Å². The maximum Gasteiger partial charge on any atom is 0.407 e. The molecule has 8 nitrogen and oxygen atoms in total. The Balaban J connectivity index is 1.25. The molecule has 0 aromatic heterocycles. The largest absolute Gasteiger partial charge is 0.461 e. The molecule has 1 amide bonds. The lowest BCUT2D eigenvalue weighted by atomic mass is 9.98. The van der Waals surface area contributed by atoms with Gasteiger partial charge in [0.25, 0.3) is 0 Å². The lowest BCUT2D eigenvalue weighted by molar-refractivity contribution is -0.149. The fraction of sp³-hybridized carbons (Fsp3) is 0.235. The highest BCUT2D eigenvalue weighted by atomic mass is 32.2. The number of carbonyl (C=O) groups excluding carboxylic acids is 2. The van der Waals surface area contributed by atoms with Crippen LogP contribution >= 0.6 is 0 Å². The van der Waals surface area contributed by atoms with Crippen LogP contribution in [0.3, 0.4) is 0 Å². The summed E-state index contributed by atoms with van der Waals surface area (Å²) < 4.78 is 41.6. The van der Waals surface area contributed by atoms with Gasteiger partial charge in [-0.15, -0.1) is 0 Å². The zero-order valence-electron chi connectivity index (χ0n) is 24.1. The third-order valence-corrected chi connectivity index (χ3v) is 8.41. The fourth-order valence-corrected chi connectivity index (χ4v) is 6.02. The number of nitrogens with one attached hydrogen (secondary N) is 1. The van der Waals surface area contributed by atoms with Gasteiger partial charge >= 0.3 is 22.2 Å². The third kappa shape index (κ3) is 7.06. The Morgan fingerprint density at radius 2 is 1.40 bits per heavy atom. The maximum atomic E-state index is 13.0. The Bertz CT molecular complexity index is 1670. The summed E-state index contributed by atoms with van der Waals surface area (Å²) in [5, 5.41) is 2.66. The molecule has 0 saturated carbocycles. The Morgan fingerprint density at radius 3 is 1.98 bits per heavy atom. The standard InChI is InChI=1S/C34H33NO7S/c1-22(2)41-33(36)32(20-24-14-16-25(17-15-24)42-43(38,39)26-18-12-23(3)13-19-26)35-34(37)40-21-31-29-10-6-4-8-27(29)28-9-5-7-11-30(28)31/h4-19,22,31-32H,20-21H2,1-3H3,(H,35,37). The van der Waals surface area contributed by atoms with Crippen LogP contribution in [-0.4, -0.2) is 39.2 Å². The smallest absolute Gasteiger partial charge is 0.407 e. The monoisotopic (exact) mass is 599 g/mol. The molecule has 0 heterocycles. The molecule has 4 aromatic carbocycles. The minimum Gasteiger partial charge on any atom is -0.461 e. The van der Waals surface area contributed by atoms with E-state index in [-0.39, 0.29) is 35.7 Å². The number of esters is 1. The Morgan fingerprint density at radius 1 is 0.814 bits per heavy atom. The highest BCUT2D eigenvalue weighted by molar-refractivity contribution is 7.87. The summed E-state index contributed by atoms with van der Waals surface area (Å²) in [5.74, 6) is -0.608. The minimum absolute atomic E-state index is 0.0472. The first-order chi connectivity index (χ1) is 20.6. The Labute approximate surface area is 251 Å². The molecule has 4 aromatic rings. The van der Waals surface area contributed by atoms with Crippen LogP contribution in [0, 0.1) is 6.92 Å². The Hall–Kier alpha value is -4.63. The van der Waals surface area contributed by atoms with Crippen molar-refractivity contribution in [3.63, 3.8) is 0 Å². The van der Waals surface area contributed by atoms with Crippen molar-refractivity contribution in [2.24, 2.45) is 0 Å². The van der Waals surface area contributed by atoms with Crippen LogP contribution in [-0.2, 0) is 30.8 Å². The van der Waals surface area contributed by atoms with Crippen LogP contribution in [0.2, 0.25) is 0 Å². The molecule has 0 spiro atoms. The number of alkyl carbamates (subject to hydrolysis) is 1. The van der Waals surface area contributed by atoms with Crippen molar-refractivity contribution in [1.82, 2.24) is 5.32 Å². The number of aryl methyl sites for hydroxylation is 1. The van der Waals surface area contributed by atoms with E-state index in [1.807, 2.05) is 43.3 Å². The lowest BCUT2D eigenvalue weighted by Gasteiger charge is -2.20. The number of fused-ring (bicyclic) bond motifs is 3. The second kappa shape index (κ2) is 12.7. The molecule has 1 aliphatic carbocycles. The van der Waals surface area contributed by atoms with E-state index in [9.17, 15) is 18.0 Å². The molecule has 1 atom stereocenters. The summed E-state index contributed by atoms with van der Waals surface area (Å²) in [5.41, 5.74) is 5.98. The highest BCUT2D eigenvalue weighted by Crippen LogP contribution is 2.44. The fourth-order valence-electron chi connectivity index (χ4n) is 5.09. The van der Waals surface area contributed by atoms with Crippen LogP contribution in [0.25, 0.3) is 11.1 Å². The molecular weight excluding hydrogens is 566 g/mol. The van der Waals surface area contributed by atoms with E-state index in [1.54, 1.807) is 38.1 Å². The van der Waals surface area contributed by atoms with Crippen molar-refractivity contribution >= 4 is 22.2 Å². The number of carbonyl (C=O) groups is 2. The maximum absolute atomic E-state index is 13.0. The second-order valence-corrected chi connectivity index (χ2v) is 12.3. The van der Waals surface area contributed by atoms with Crippen molar-refractivity contribution in [1.29, 1.82) is 0 Å². The quantitative estimate of drug-likeness (QED) is 0.172. The van der Waals surface area contributed by atoms with Gasteiger partial charge in [0.2, 0.25) is 0 Å². The van der Waals surface area contributed by atoms with E-state index in [2.05, 4.69) is 17.4 Å².